The summed E-state index contributed by atoms with van der Waals surface area (Å²) in [5.74, 6) is -1.47. The Morgan fingerprint density at radius 3 is 2.68 bits per heavy atom. The molecule has 1 N–H and O–H groups in total. The summed E-state index contributed by atoms with van der Waals surface area (Å²) in [5, 5.41) is 13.5. The Morgan fingerprint density at radius 2 is 2.16 bits per heavy atom. The van der Waals surface area contributed by atoms with Crippen LogP contribution in [0.4, 0.5) is 4.39 Å². The largest absolute Gasteiger partial charge is 0.478 e. The van der Waals surface area contributed by atoms with Crippen molar-refractivity contribution in [2.75, 3.05) is 0 Å². The van der Waals surface area contributed by atoms with E-state index in [0.29, 0.717) is 22.0 Å². The number of rotatable bonds is 3. The Morgan fingerprint density at radius 1 is 1.47 bits per heavy atom. The molecule has 0 aliphatic heterocycles. The number of aromatic nitrogens is 2. The lowest BCUT2D eigenvalue weighted by atomic mass is 10.2. The van der Waals surface area contributed by atoms with Gasteiger partial charge in [-0.15, -0.1) is 0 Å². The molecule has 1 aromatic carbocycles. The van der Waals surface area contributed by atoms with Crippen molar-refractivity contribution in [1.82, 2.24) is 9.78 Å². The number of hydrogen-bond acceptors (Lipinski definition) is 2. The van der Waals surface area contributed by atoms with E-state index in [-0.39, 0.29) is 12.1 Å². The summed E-state index contributed by atoms with van der Waals surface area (Å²) >= 11 is 5.94. The molecule has 0 spiro atoms. The van der Waals surface area contributed by atoms with Crippen molar-refractivity contribution in [2.24, 2.45) is 0 Å². The molecule has 0 saturated heterocycles. The van der Waals surface area contributed by atoms with Crippen LogP contribution in [0.3, 0.4) is 0 Å². The maximum absolute atomic E-state index is 13.7. The van der Waals surface area contributed by atoms with Crippen LogP contribution in [0, 0.1) is 19.7 Å². The van der Waals surface area contributed by atoms with Gasteiger partial charge in [0, 0.05) is 10.6 Å². The monoisotopic (exact) mass is 282 g/mol. The molecule has 0 amide bonds. The zero-order valence-corrected chi connectivity index (χ0v) is 11.2. The molecular weight excluding hydrogens is 271 g/mol. The third-order valence-corrected chi connectivity index (χ3v) is 3.32. The van der Waals surface area contributed by atoms with Crippen molar-refractivity contribution < 1.29 is 14.3 Å². The first-order chi connectivity index (χ1) is 8.91. The van der Waals surface area contributed by atoms with Gasteiger partial charge in [-0.05, 0) is 26.0 Å². The summed E-state index contributed by atoms with van der Waals surface area (Å²) in [6.07, 6.45) is 0. The molecule has 6 heteroatoms. The first-order valence-corrected chi connectivity index (χ1v) is 5.99. The standard InChI is InChI=1S/C13H12ClFN2O2/c1-7-12(13(18)19)8(2)17(16-7)6-9-10(14)4-3-5-11(9)15/h3-5H,6H2,1-2H3,(H,18,19). The van der Waals surface area contributed by atoms with Gasteiger partial charge in [-0.2, -0.15) is 5.10 Å². The number of hydrogen-bond donors (Lipinski definition) is 1. The van der Waals surface area contributed by atoms with Crippen LogP contribution in [0.1, 0.15) is 27.3 Å². The van der Waals surface area contributed by atoms with Gasteiger partial charge in [0.25, 0.3) is 0 Å². The van der Waals surface area contributed by atoms with Crippen LogP contribution < -0.4 is 0 Å². The Labute approximate surface area is 114 Å². The molecule has 19 heavy (non-hydrogen) atoms. The molecule has 0 aliphatic carbocycles. The average molecular weight is 283 g/mol. The highest BCUT2D eigenvalue weighted by Gasteiger charge is 2.19. The summed E-state index contributed by atoms with van der Waals surface area (Å²) in [4.78, 5) is 11.1. The molecule has 0 unspecified atom stereocenters. The molecule has 2 rings (SSSR count). The summed E-state index contributed by atoms with van der Waals surface area (Å²) in [7, 11) is 0. The zero-order chi connectivity index (χ0) is 14.2. The van der Waals surface area contributed by atoms with E-state index in [4.69, 9.17) is 16.7 Å². The van der Waals surface area contributed by atoms with Crippen molar-refractivity contribution in [2.45, 2.75) is 20.4 Å². The van der Waals surface area contributed by atoms with E-state index in [0.717, 1.165) is 0 Å². The van der Waals surface area contributed by atoms with Crippen LogP contribution >= 0.6 is 11.6 Å². The Bertz CT molecular complexity index is 632. The summed E-state index contributed by atoms with van der Waals surface area (Å²) in [6.45, 7) is 3.35. The van der Waals surface area contributed by atoms with Gasteiger partial charge in [0.2, 0.25) is 0 Å². The molecule has 4 nitrogen and oxygen atoms in total. The van der Waals surface area contributed by atoms with E-state index in [1.807, 2.05) is 0 Å². The van der Waals surface area contributed by atoms with Crippen molar-refractivity contribution in [3.8, 4) is 0 Å². The van der Waals surface area contributed by atoms with Gasteiger partial charge in [0.15, 0.2) is 0 Å². The van der Waals surface area contributed by atoms with E-state index < -0.39 is 11.8 Å². The zero-order valence-electron chi connectivity index (χ0n) is 10.4. The van der Waals surface area contributed by atoms with Crippen molar-refractivity contribution in [1.29, 1.82) is 0 Å². The highest BCUT2D eigenvalue weighted by molar-refractivity contribution is 6.31. The van der Waals surface area contributed by atoms with E-state index in [9.17, 15) is 9.18 Å². The van der Waals surface area contributed by atoms with Crippen LogP contribution in [0.15, 0.2) is 18.2 Å². The lowest BCUT2D eigenvalue weighted by Crippen LogP contribution is -2.07. The summed E-state index contributed by atoms with van der Waals surface area (Å²) in [6, 6.07) is 4.42. The average Bonchev–Trinajstić information content (AvgIpc) is 2.59. The van der Waals surface area contributed by atoms with E-state index in [1.54, 1.807) is 19.9 Å². The van der Waals surface area contributed by atoms with Gasteiger partial charge in [0.1, 0.15) is 11.4 Å². The number of carboxylic acid groups (broad SMARTS) is 1. The van der Waals surface area contributed by atoms with Gasteiger partial charge in [-0.25, -0.2) is 9.18 Å². The molecule has 2 aromatic rings. The highest BCUT2D eigenvalue weighted by Crippen LogP contribution is 2.22. The first kappa shape index (κ1) is 13.5. The van der Waals surface area contributed by atoms with E-state index >= 15 is 0 Å². The maximum Gasteiger partial charge on any atom is 0.339 e. The number of carbonyl (C=O) groups is 1. The van der Waals surface area contributed by atoms with Crippen molar-refractivity contribution >= 4 is 17.6 Å². The predicted molar refractivity (Wildman–Crippen MR) is 69.2 cm³/mol. The Hall–Kier alpha value is -1.88. The smallest absolute Gasteiger partial charge is 0.339 e. The fourth-order valence-electron chi connectivity index (χ4n) is 1.99. The van der Waals surface area contributed by atoms with Crippen molar-refractivity contribution in [3.05, 3.63) is 51.6 Å². The van der Waals surface area contributed by atoms with Crippen LogP contribution in [0.25, 0.3) is 0 Å². The second-order valence-corrected chi connectivity index (χ2v) is 4.62. The van der Waals surface area contributed by atoms with E-state index in [1.165, 1.54) is 16.8 Å². The van der Waals surface area contributed by atoms with Gasteiger partial charge in [0.05, 0.1) is 17.9 Å². The summed E-state index contributed by atoms with van der Waals surface area (Å²) in [5.41, 5.74) is 1.32. The fraction of sp³-hybridized carbons (Fsp3) is 0.231. The molecule has 100 valence electrons. The van der Waals surface area contributed by atoms with Crippen molar-refractivity contribution in [3.63, 3.8) is 0 Å². The molecule has 0 fully saturated rings. The SMILES string of the molecule is Cc1nn(Cc2c(F)cccc2Cl)c(C)c1C(=O)O. The van der Waals surface area contributed by atoms with Crippen LogP contribution in [-0.2, 0) is 6.54 Å². The second kappa shape index (κ2) is 5.01. The molecule has 0 radical (unpaired) electrons. The quantitative estimate of drug-likeness (QED) is 0.941. The molecule has 0 bridgehead atoms. The normalized spacial score (nSPS) is 10.7. The predicted octanol–water partition coefficient (Wildman–Crippen LogP) is 3.04. The lowest BCUT2D eigenvalue weighted by molar-refractivity contribution is 0.0695. The van der Waals surface area contributed by atoms with Crippen LogP contribution in [0.5, 0.6) is 0 Å². The number of benzene rings is 1. The third-order valence-electron chi connectivity index (χ3n) is 2.96. The number of nitrogens with zero attached hydrogens (tertiary/aromatic N) is 2. The van der Waals surface area contributed by atoms with Gasteiger partial charge in [-0.3, -0.25) is 4.68 Å². The maximum atomic E-state index is 13.7. The Balaban J connectivity index is 2.45. The van der Waals surface area contributed by atoms with Crippen LogP contribution in [-0.4, -0.2) is 20.9 Å². The third kappa shape index (κ3) is 2.46. The van der Waals surface area contributed by atoms with Gasteiger partial charge in [-0.1, -0.05) is 17.7 Å². The second-order valence-electron chi connectivity index (χ2n) is 4.21. The van der Waals surface area contributed by atoms with Gasteiger partial charge >= 0.3 is 5.97 Å². The number of halogens is 2. The topological polar surface area (TPSA) is 55.1 Å². The lowest BCUT2D eigenvalue weighted by Gasteiger charge is -2.08. The fourth-order valence-corrected chi connectivity index (χ4v) is 2.22. The number of aromatic carboxylic acids is 1. The minimum atomic E-state index is -1.04. The minimum Gasteiger partial charge on any atom is -0.478 e. The number of carboxylic acids is 1. The van der Waals surface area contributed by atoms with E-state index in [2.05, 4.69) is 5.10 Å². The minimum absolute atomic E-state index is 0.103. The molecular formula is C13H12ClFN2O2. The highest BCUT2D eigenvalue weighted by atomic mass is 35.5. The van der Waals surface area contributed by atoms with Crippen LogP contribution in [0.2, 0.25) is 5.02 Å². The molecule has 1 aromatic heterocycles. The Kier molecular flexibility index (Phi) is 3.57. The first-order valence-electron chi connectivity index (χ1n) is 5.62. The van der Waals surface area contributed by atoms with Gasteiger partial charge < -0.3 is 5.11 Å². The summed E-state index contributed by atoms with van der Waals surface area (Å²) < 4.78 is 15.1. The molecule has 1 heterocycles. The molecule has 0 aliphatic rings. The molecule has 0 saturated carbocycles. The molecule has 0 atom stereocenters. The number of aryl methyl sites for hydroxylation is 1.